The molecule has 3 heterocycles. The van der Waals surface area contributed by atoms with Crippen LogP contribution in [0.25, 0.3) is 22.0 Å². The van der Waals surface area contributed by atoms with E-state index in [2.05, 4.69) is 45.2 Å². The van der Waals surface area contributed by atoms with Crippen LogP contribution in [0.2, 0.25) is 0 Å². The first-order valence-electron chi connectivity index (χ1n) is 11.3. The molecule has 2 aromatic carbocycles. The largest absolute Gasteiger partial charge is 0.347 e. The van der Waals surface area contributed by atoms with Gasteiger partial charge in [-0.3, -0.25) is 9.89 Å². The first-order valence-corrected chi connectivity index (χ1v) is 11.3. The van der Waals surface area contributed by atoms with Gasteiger partial charge >= 0.3 is 0 Å². The second kappa shape index (κ2) is 8.99. The number of hydrogen-bond donors (Lipinski definition) is 1. The number of amides is 1. The summed E-state index contributed by atoms with van der Waals surface area (Å²) in [5.41, 5.74) is 4.37. The second-order valence-electron chi connectivity index (χ2n) is 8.68. The van der Waals surface area contributed by atoms with E-state index in [-0.39, 0.29) is 11.7 Å². The molecule has 0 atom stereocenters. The summed E-state index contributed by atoms with van der Waals surface area (Å²) in [6.07, 6.45) is 8.97. The Balaban J connectivity index is 1.15. The van der Waals surface area contributed by atoms with Gasteiger partial charge in [-0.1, -0.05) is 18.2 Å². The highest BCUT2D eigenvalue weighted by Gasteiger charge is 2.23. The molecule has 5 rings (SSSR count). The Bertz CT molecular complexity index is 1210. The summed E-state index contributed by atoms with van der Waals surface area (Å²) >= 11 is 0. The molecule has 1 aliphatic heterocycles. The zero-order valence-corrected chi connectivity index (χ0v) is 18.0. The van der Waals surface area contributed by atoms with E-state index < -0.39 is 0 Å². The highest BCUT2D eigenvalue weighted by atomic mass is 19.1. The van der Waals surface area contributed by atoms with E-state index in [0.717, 1.165) is 49.2 Å². The Morgan fingerprint density at radius 2 is 1.97 bits per heavy atom. The van der Waals surface area contributed by atoms with E-state index >= 15 is 0 Å². The van der Waals surface area contributed by atoms with Gasteiger partial charge in [0.1, 0.15) is 5.82 Å². The molecule has 164 valence electrons. The van der Waals surface area contributed by atoms with E-state index in [1.807, 2.05) is 23.4 Å². The van der Waals surface area contributed by atoms with Gasteiger partial charge in [0.15, 0.2) is 0 Å². The number of fused-ring (bicyclic) bond motifs is 1. The monoisotopic (exact) mass is 430 g/mol. The smallest absolute Gasteiger partial charge is 0.222 e. The molecule has 0 aliphatic carbocycles. The third-order valence-electron chi connectivity index (χ3n) is 6.54. The number of rotatable bonds is 6. The number of benzene rings is 2. The number of H-pyrrole nitrogens is 1. The first-order chi connectivity index (χ1) is 15.7. The van der Waals surface area contributed by atoms with Crippen LogP contribution in [0.3, 0.4) is 0 Å². The van der Waals surface area contributed by atoms with Crippen LogP contribution in [0.5, 0.6) is 0 Å². The molecule has 2 aromatic heterocycles. The Labute approximate surface area is 186 Å². The summed E-state index contributed by atoms with van der Waals surface area (Å²) in [5.74, 6) is 0.489. The minimum atomic E-state index is -0.244. The molecule has 1 amide bonds. The van der Waals surface area contributed by atoms with Gasteiger partial charge in [0, 0.05) is 54.9 Å². The molecule has 1 N–H and O–H groups in total. The van der Waals surface area contributed by atoms with Crippen molar-refractivity contribution < 1.29 is 9.18 Å². The fraction of sp³-hybridized carbons (Fsp3) is 0.308. The summed E-state index contributed by atoms with van der Waals surface area (Å²) in [5, 5.41) is 8.13. The van der Waals surface area contributed by atoms with Gasteiger partial charge in [0.25, 0.3) is 0 Å². The quantitative estimate of drug-likeness (QED) is 0.466. The minimum absolute atomic E-state index is 0.172. The molecule has 4 aromatic rings. The molecule has 1 saturated heterocycles. The molecule has 0 bridgehead atoms. The van der Waals surface area contributed by atoms with Crippen molar-refractivity contribution in [3.8, 4) is 11.1 Å². The van der Waals surface area contributed by atoms with Gasteiger partial charge in [0.05, 0.1) is 6.20 Å². The summed E-state index contributed by atoms with van der Waals surface area (Å²) in [6, 6.07) is 15.2. The van der Waals surface area contributed by atoms with Crippen LogP contribution < -0.4 is 0 Å². The number of piperidine rings is 1. The van der Waals surface area contributed by atoms with Crippen molar-refractivity contribution in [3.05, 3.63) is 78.5 Å². The Morgan fingerprint density at radius 1 is 1.09 bits per heavy atom. The van der Waals surface area contributed by atoms with E-state index in [9.17, 15) is 9.18 Å². The molecule has 1 aliphatic rings. The van der Waals surface area contributed by atoms with Crippen molar-refractivity contribution in [2.45, 2.75) is 32.2 Å². The number of hydrogen-bond acceptors (Lipinski definition) is 2. The number of aryl methyl sites for hydroxylation is 1. The van der Waals surface area contributed by atoms with Crippen molar-refractivity contribution in [3.63, 3.8) is 0 Å². The Kier molecular flexibility index (Phi) is 5.75. The van der Waals surface area contributed by atoms with Crippen LogP contribution >= 0.6 is 0 Å². The zero-order valence-electron chi connectivity index (χ0n) is 18.0. The zero-order chi connectivity index (χ0) is 21.9. The standard InChI is InChI=1S/C26H27FN4O/c27-24-3-1-2-19(14-24)4-7-26(32)30-11-8-20(9-12-30)18-31-13-10-22-15-21(5-6-25(22)31)23-16-28-29-17-23/h1-3,5-6,10,13-17,20H,4,7-9,11-12,18H2,(H,28,29). The highest BCUT2D eigenvalue weighted by Crippen LogP contribution is 2.27. The van der Waals surface area contributed by atoms with Gasteiger partial charge in [-0.15, -0.1) is 0 Å². The number of carbonyl (C=O) groups is 1. The Hall–Kier alpha value is -3.41. The maximum Gasteiger partial charge on any atom is 0.222 e. The maximum atomic E-state index is 13.3. The number of nitrogens with one attached hydrogen (secondary N) is 1. The third-order valence-corrected chi connectivity index (χ3v) is 6.54. The van der Waals surface area contributed by atoms with E-state index in [4.69, 9.17) is 0 Å². The summed E-state index contributed by atoms with van der Waals surface area (Å²) in [6.45, 7) is 2.58. The number of nitrogens with zero attached hydrogens (tertiary/aromatic N) is 3. The third kappa shape index (κ3) is 4.44. The number of aromatic nitrogens is 3. The van der Waals surface area contributed by atoms with Gasteiger partial charge in [-0.25, -0.2) is 4.39 Å². The van der Waals surface area contributed by atoms with Crippen LogP contribution in [-0.4, -0.2) is 38.7 Å². The molecule has 0 spiro atoms. The molecule has 6 heteroatoms. The lowest BCUT2D eigenvalue weighted by Crippen LogP contribution is -2.39. The predicted octanol–water partition coefficient (Wildman–Crippen LogP) is 5.04. The van der Waals surface area contributed by atoms with Crippen molar-refractivity contribution in [1.82, 2.24) is 19.7 Å². The number of likely N-dealkylation sites (tertiary alicyclic amines) is 1. The fourth-order valence-electron chi connectivity index (χ4n) is 4.69. The lowest BCUT2D eigenvalue weighted by atomic mass is 9.96. The molecular formula is C26H27FN4O. The summed E-state index contributed by atoms with van der Waals surface area (Å²) in [7, 11) is 0. The molecule has 32 heavy (non-hydrogen) atoms. The first kappa shape index (κ1) is 20.5. The highest BCUT2D eigenvalue weighted by molar-refractivity contribution is 5.85. The van der Waals surface area contributed by atoms with Crippen molar-refractivity contribution in [1.29, 1.82) is 0 Å². The van der Waals surface area contributed by atoms with Gasteiger partial charge in [-0.2, -0.15) is 5.10 Å². The maximum absolute atomic E-state index is 13.3. The number of aromatic amines is 1. The minimum Gasteiger partial charge on any atom is -0.347 e. The van der Waals surface area contributed by atoms with E-state index in [1.165, 1.54) is 23.0 Å². The van der Waals surface area contributed by atoms with Gasteiger partial charge in [-0.05, 0) is 66.6 Å². The van der Waals surface area contributed by atoms with E-state index in [1.54, 1.807) is 6.07 Å². The normalized spacial score (nSPS) is 14.8. The van der Waals surface area contributed by atoms with Gasteiger partial charge in [0.2, 0.25) is 5.91 Å². The second-order valence-corrected chi connectivity index (χ2v) is 8.68. The molecular weight excluding hydrogens is 403 g/mol. The average Bonchev–Trinajstić information content (AvgIpc) is 3.48. The van der Waals surface area contributed by atoms with Crippen LogP contribution in [0.1, 0.15) is 24.8 Å². The van der Waals surface area contributed by atoms with Crippen molar-refractivity contribution >= 4 is 16.8 Å². The number of carbonyl (C=O) groups excluding carboxylic acids is 1. The molecule has 1 fully saturated rings. The Morgan fingerprint density at radius 3 is 2.75 bits per heavy atom. The lowest BCUT2D eigenvalue weighted by Gasteiger charge is -2.32. The predicted molar refractivity (Wildman–Crippen MR) is 124 cm³/mol. The molecule has 0 unspecified atom stereocenters. The van der Waals surface area contributed by atoms with Crippen LogP contribution in [0.4, 0.5) is 4.39 Å². The lowest BCUT2D eigenvalue weighted by molar-refractivity contribution is -0.132. The molecule has 0 saturated carbocycles. The van der Waals surface area contributed by atoms with Crippen LogP contribution in [0.15, 0.2) is 67.1 Å². The topological polar surface area (TPSA) is 53.9 Å². The van der Waals surface area contributed by atoms with E-state index in [0.29, 0.717) is 18.8 Å². The molecule has 5 nitrogen and oxygen atoms in total. The SMILES string of the molecule is O=C(CCc1cccc(F)c1)N1CCC(Cn2ccc3cc(-c4cn[nH]c4)ccc32)CC1. The average molecular weight is 431 g/mol. The van der Waals surface area contributed by atoms with Gasteiger partial charge < -0.3 is 9.47 Å². The summed E-state index contributed by atoms with van der Waals surface area (Å²) in [4.78, 5) is 14.6. The van der Waals surface area contributed by atoms with Crippen LogP contribution in [-0.2, 0) is 17.8 Å². The fourth-order valence-corrected chi connectivity index (χ4v) is 4.69. The van der Waals surface area contributed by atoms with Crippen molar-refractivity contribution in [2.75, 3.05) is 13.1 Å². The molecule has 0 radical (unpaired) electrons. The number of halogens is 1. The van der Waals surface area contributed by atoms with Crippen molar-refractivity contribution in [2.24, 2.45) is 5.92 Å². The summed E-state index contributed by atoms with van der Waals surface area (Å²) < 4.78 is 15.7. The van der Waals surface area contributed by atoms with Crippen LogP contribution in [0, 0.1) is 11.7 Å².